The van der Waals surface area contributed by atoms with Gasteiger partial charge in [-0.25, -0.2) is 9.97 Å². The van der Waals surface area contributed by atoms with E-state index in [1.54, 1.807) is 30.9 Å². The lowest BCUT2D eigenvalue weighted by Gasteiger charge is -2.35. The topological polar surface area (TPSA) is 127 Å². The second-order valence-electron chi connectivity index (χ2n) is 9.14. The summed E-state index contributed by atoms with van der Waals surface area (Å²) in [7, 11) is 0. The summed E-state index contributed by atoms with van der Waals surface area (Å²) < 4.78 is 46.7. The van der Waals surface area contributed by atoms with Crippen LogP contribution in [0.3, 0.4) is 0 Å². The van der Waals surface area contributed by atoms with Crippen molar-refractivity contribution in [3.8, 4) is 11.5 Å². The fourth-order valence-electron chi connectivity index (χ4n) is 4.10. The zero-order valence-corrected chi connectivity index (χ0v) is 20.6. The third-order valence-electron chi connectivity index (χ3n) is 6.01. The Morgan fingerprint density at radius 3 is 2.39 bits per heavy atom. The van der Waals surface area contributed by atoms with E-state index in [1.807, 2.05) is 0 Å². The molecule has 1 aromatic carbocycles. The molecule has 2 amide bonds. The minimum atomic E-state index is -4.77. The van der Waals surface area contributed by atoms with Gasteiger partial charge in [-0.15, -0.1) is 13.2 Å². The van der Waals surface area contributed by atoms with Gasteiger partial charge in [-0.1, -0.05) is 13.8 Å². The van der Waals surface area contributed by atoms with Crippen LogP contribution in [-0.4, -0.2) is 63.3 Å². The predicted octanol–water partition coefficient (Wildman–Crippen LogP) is 3.04. The number of carbonyl (C=O) groups excluding carboxylic acids is 2. The van der Waals surface area contributed by atoms with Gasteiger partial charge in [0.15, 0.2) is 11.3 Å². The normalized spacial score (nSPS) is 15.4. The number of alkyl halides is 3. The number of amides is 2. The van der Waals surface area contributed by atoms with Crippen LogP contribution in [0.15, 0.2) is 47.4 Å². The third kappa shape index (κ3) is 6.58. The van der Waals surface area contributed by atoms with E-state index in [2.05, 4.69) is 25.0 Å². The molecule has 2 N–H and O–H groups in total. The molecule has 2 aromatic heterocycles. The molecule has 0 unspecified atom stereocenters. The van der Waals surface area contributed by atoms with Crippen molar-refractivity contribution in [2.45, 2.75) is 45.2 Å². The smallest absolute Gasteiger partial charge is 0.490 e. The second kappa shape index (κ2) is 11.1. The summed E-state index contributed by atoms with van der Waals surface area (Å²) in [5.74, 6) is -1.27. The van der Waals surface area contributed by atoms with Crippen molar-refractivity contribution < 1.29 is 32.2 Å². The standard InChI is InChI=1S/C25H26F3N5O5/c1-14(2)19(31-22(34)20-23(35)32-21-18(30-20)4-3-11-29-21)24(36)33-12-9-16(10-13-33)37-15-5-7-17(8-6-15)38-25(26,27)28/h3-8,11,14,16,19H,9-10,12-13H2,1-2H3,(H,31,34)(H,29,32,35)/t19-/m0/s1. The number of fused-ring (bicyclic) bond motifs is 1. The van der Waals surface area contributed by atoms with Gasteiger partial charge < -0.3 is 24.7 Å². The lowest BCUT2D eigenvalue weighted by atomic mass is 10.00. The molecule has 3 heterocycles. The molecule has 4 rings (SSSR count). The number of likely N-dealkylation sites (tertiary alicyclic amines) is 1. The van der Waals surface area contributed by atoms with Gasteiger partial charge in [-0.2, -0.15) is 0 Å². The van der Waals surface area contributed by atoms with E-state index in [9.17, 15) is 27.6 Å². The van der Waals surface area contributed by atoms with E-state index in [0.717, 1.165) is 0 Å². The SMILES string of the molecule is CC(C)[C@H](NC(=O)c1nc2cccnc2[nH]c1=O)C(=O)N1CCC(Oc2ccc(OC(F)(F)F)cc2)CC1. The number of ether oxygens (including phenoxy) is 2. The average molecular weight is 534 g/mol. The van der Waals surface area contributed by atoms with Crippen molar-refractivity contribution in [3.05, 3.63) is 58.6 Å². The number of hydrogen-bond donors (Lipinski definition) is 2. The number of H-pyrrole nitrogens is 1. The van der Waals surface area contributed by atoms with Gasteiger partial charge in [0, 0.05) is 32.1 Å². The van der Waals surface area contributed by atoms with Crippen LogP contribution < -0.4 is 20.3 Å². The van der Waals surface area contributed by atoms with Crippen LogP contribution in [0.5, 0.6) is 11.5 Å². The molecule has 3 aromatic rings. The minimum Gasteiger partial charge on any atom is -0.490 e. The number of carbonyl (C=O) groups is 2. The third-order valence-corrected chi connectivity index (χ3v) is 6.01. The van der Waals surface area contributed by atoms with Crippen LogP contribution in [0, 0.1) is 5.92 Å². The summed E-state index contributed by atoms with van der Waals surface area (Å²) in [4.78, 5) is 50.8. The summed E-state index contributed by atoms with van der Waals surface area (Å²) in [6.07, 6.45) is -2.54. The number of pyridine rings is 1. The highest BCUT2D eigenvalue weighted by Gasteiger charge is 2.33. The number of piperidine rings is 1. The van der Waals surface area contributed by atoms with Gasteiger partial charge in [-0.3, -0.25) is 14.4 Å². The van der Waals surface area contributed by atoms with Gasteiger partial charge in [0.1, 0.15) is 29.2 Å². The Bertz CT molecular complexity index is 1350. The zero-order chi connectivity index (χ0) is 27.4. The molecular weight excluding hydrogens is 507 g/mol. The van der Waals surface area contributed by atoms with E-state index < -0.39 is 23.9 Å². The van der Waals surface area contributed by atoms with Crippen LogP contribution >= 0.6 is 0 Å². The van der Waals surface area contributed by atoms with Crippen molar-refractivity contribution in [2.24, 2.45) is 5.92 Å². The van der Waals surface area contributed by atoms with Gasteiger partial charge >= 0.3 is 6.36 Å². The highest BCUT2D eigenvalue weighted by molar-refractivity contribution is 5.97. The number of halogens is 3. The molecule has 0 saturated carbocycles. The van der Waals surface area contributed by atoms with Crippen molar-refractivity contribution in [1.29, 1.82) is 0 Å². The Labute approximate surface area is 215 Å². The number of nitrogens with one attached hydrogen (secondary N) is 2. The van der Waals surface area contributed by atoms with Crippen LogP contribution in [0.1, 0.15) is 37.2 Å². The average Bonchev–Trinajstić information content (AvgIpc) is 2.87. The first kappa shape index (κ1) is 26.9. The molecular formula is C25H26F3N5O5. The van der Waals surface area contributed by atoms with E-state index >= 15 is 0 Å². The Morgan fingerprint density at radius 1 is 1.11 bits per heavy atom. The Balaban J connectivity index is 1.35. The molecule has 1 saturated heterocycles. The van der Waals surface area contributed by atoms with Crippen molar-refractivity contribution in [2.75, 3.05) is 13.1 Å². The highest BCUT2D eigenvalue weighted by Crippen LogP contribution is 2.26. The largest absolute Gasteiger partial charge is 0.573 e. The van der Waals surface area contributed by atoms with E-state index in [1.165, 1.54) is 30.5 Å². The number of aromatic amines is 1. The van der Waals surface area contributed by atoms with Gasteiger partial charge in [0.2, 0.25) is 5.91 Å². The first-order valence-electron chi connectivity index (χ1n) is 12.0. The first-order chi connectivity index (χ1) is 18.0. The Hall–Kier alpha value is -4.16. The first-order valence-corrected chi connectivity index (χ1v) is 12.0. The highest BCUT2D eigenvalue weighted by atomic mass is 19.4. The molecule has 0 spiro atoms. The lowest BCUT2D eigenvalue weighted by molar-refractivity contribution is -0.274. The molecule has 1 fully saturated rings. The van der Waals surface area contributed by atoms with Crippen molar-refractivity contribution in [1.82, 2.24) is 25.2 Å². The maximum Gasteiger partial charge on any atom is 0.573 e. The number of benzene rings is 1. The van der Waals surface area contributed by atoms with Gasteiger partial charge in [0.25, 0.3) is 11.5 Å². The summed E-state index contributed by atoms with van der Waals surface area (Å²) in [5.41, 5.74) is -0.474. The molecule has 1 atom stereocenters. The second-order valence-corrected chi connectivity index (χ2v) is 9.14. The fourth-order valence-corrected chi connectivity index (χ4v) is 4.10. The summed E-state index contributed by atoms with van der Waals surface area (Å²) in [6, 6.07) is 7.47. The fraction of sp³-hybridized carbons (Fsp3) is 0.400. The quantitative estimate of drug-likeness (QED) is 0.478. The van der Waals surface area contributed by atoms with Crippen molar-refractivity contribution >= 4 is 23.0 Å². The number of rotatable bonds is 7. The molecule has 1 aliphatic rings. The van der Waals surface area contributed by atoms with Crippen LogP contribution in [0.2, 0.25) is 0 Å². The zero-order valence-electron chi connectivity index (χ0n) is 20.6. The molecule has 1 aliphatic heterocycles. The van der Waals surface area contributed by atoms with E-state index in [-0.39, 0.29) is 35.0 Å². The van der Waals surface area contributed by atoms with Crippen LogP contribution in [0.4, 0.5) is 13.2 Å². The monoisotopic (exact) mass is 533 g/mol. The molecule has 0 radical (unpaired) electrons. The number of aromatic nitrogens is 3. The van der Waals surface area contributed by atoms with E-state index in [4.69, 9.17) is 4.74 Å². The minimum absolute atomic E-state index is 0.241. The summed E-state index contributed by atoms with van der Waals surface area (Å²) >= 11 is 0. The molecule has 0 aliphatic carbocycles. The Morgan fingerprint density at radius 2 is 1.76 bits per heavy atom. The summed E-state index contributed by atoms with van der Waals surface area (Å²) in [6.45, 7) is 4.29. The van der Waals surface area contributed by atoms with Crippen molar-refractivity contribution in [3.63, 3.8) is 0 Å². The predicted molar refractivity (Wildman–Crippen MR) is 130 cm³/mol. The molecule has 202 valence electrons. The Kier molecular flexibility index (Phi) is 7.83. The van der Waals surface area contributed by atoms with Gasteiger partial charge in [-0.05, 0) is 42.3 Å². The maximum atomic E-state index is 13.3. The number of nitrogens with zero attached hydrogens (tertiary/aromatic N) is 3. The van der Waals surface area contributed by atoms with Crippen LogP contribution in [-0.2, 0) is 4.79 Å². The van der Waals surface area contributed by atoms with Gasteiger partial charge in [0.05, 0.1) is 0 Å². The molecule has 38 heavy (non-hydrogen) atoms. The number of hydrogen-bond acceptors (Lipinski definition) is 7. The van der Waals surface area contributed by atoms with E-state index in [0.29, 0.717) is 37.2 Å². The maximum absolute atomic E-state index is 13.3. The lowest BCUT2D eigenvalue weighted by Crippen LogP contribution is -2.54. The van der Waals surface area contributed by atoms with Crippen LogP contribution in [0.25, 0.3) is 11.2 Å². The molecule has 10 nitrogen and oxygen atoms in total. The molecule has 0 bridgehead atoms. The summed E-state index contributed by atoms with van der Waals surface area (Å²) in [5, 5.41) is 2.65. The molecule has 13 heteroatoms.